The fraction of sp³-hybridized carbons (Fsp3) is 0.571. The Morgan fingerprint density at radius 3 is 2.84 bits per heavy atom. The maximum atomic E-state index is 11.6. The van der Waals surface area contributed by atoms with Crippen LogP contribution in [0.25, 0.3) is 0 Å². The van der Waals surface area contributed by atoms with Gasteiger partial charge in [-0.05, 0) is 32.5 Å². The SMILES string of the molecule is CCCC(C)NC(=O)COc1ccc(CNC)nc1. The van der Waals surface area contributed by atoms with Crippen LogP contribution in [0.2, 0.25) is 0 Å². The van der Waals surface area contributed by atoms with Gasteiger partial charge in [0, 0.05) is 12.6 Å². The van der Waals surface area contributed by atoms with Gasteiger partial charge in [0.05, 0.1) is 11.9 Å². The number of pyridine rings is 1. The van der Waals surface area contributed by atoms with Crippen LogP contribution in [0, 0.1) is 0 Å². The second kappa shape index (κ2) is 8.48. The van der Waals surface area contributed by atoms with Crippen molar-refractivity contribution in [3.8, 4) is 5.75 Å². The highest BCUT2D eigenvalue weighted by Crippen LogP contribution is 2.08. The van der Waals surface area contributed by atoms with Gasteiger partial charge in [-0.15, -0.1) is 0 Å². The van der Waals surface area contributed by atoms with Crippen LogP contribution in [-0.2, 0) is 11.3 Å². The highest BCUT2D eigenvalue weighted by atomic mass is 16.5. The summed E-state index contributed by atoms with van der Waals surface area (Å²) in [7, 11) is 1.87. The third-order valence-corrected chi connectivity index (χ3v) is 2.65. The number of hydrogen-bond acceptors (Lipinski definition) is 4. The van der Waals surface area contributed by atoms with Gasteiger partial charge >= 0.3 is 0 Å². The zero-order valence-corrected chi connectivity index (χ0v) is 11.9. The second-order valence-electron chi connectivity index (χ2n) is 4.56. The Balaban J connectivity index is 2.33. The summed E-state index contributed by atoms with van der Waals surface area (Å²) in [5.74, 6) is 0.512. The lowest BCUT2D eigenvalue weighted by molar-refractivity contribution is -0.123. The average molecular weight is 265 g/mol. The fourth-order valence-electron chi connectivity index (χ4n) is 1.75. The molecule has 0 fully saturated rings. The lowest BCUT2D eigenvalue weighted by atomic mass is 10.2. The van der Waals surface area contributed by atoms with Gasteiger partial charge in [0.1, 0.15) is 5.75 Å². The molecule has 1 aromatic heterocycles. The van der Waals surface area contributed by atoms with Crippen LogP contribution in [0.5, 0.6) is 5.75 Å². The van der Waals surface area contributed by atoms with Crippen molar-refractivity contribution < 1.29 is 9.53 Å². The van der Waals surface area contributed by atoms with Gasteiger partial charge < -0.3 is 15.4 Å². The van der Waals surface area contributed by atoms with E-state index in [9.17, 15) is 4.79 Å². The minimum atomic E-state index is -0.0970. The molecule has 1 aromatic rings. The molecule has 2 N–H and O–H groups in total. The van der Waals surface area contributed by atoms with E-state index in [1.807, 2.05) is 26.1 Å². The first-order chi connectivity index (χ1) is 9.15. The van der Waals surface area contributed by atoms with E-state index in [0.29, 0.717) is 5.75 Å². The summed E-state index contributed by atoms with van der Waals surface area (Å²) in [6.07, 6.45) is 3.67. The number of carbonyl (C=O) groups is 1. The number of carbonyl (C=O) groups excluding carboxylic acids is 1. The molecular formula is C14H23N3O2. The van der Waals surface area contributed by atoms with Crippen molar-refractivity contribution in [2.45, 2.75) is 39.3 Å². The van der Waals surface area contributed by atoms with Gasteiger partial charge in [0.2, 0.25) is 0 Å². The molecule has 5 heteroatoms. The standard InChI is InChI=1S/C14H23N3O2/c1-4-5-11(2)17-14(18)10-19-13-7-6-12(8-15-3)16-9-13/h6-7,9,11,15H,4-5,8,10H2,1-3H3,(H,17,18). The van der Waals surface area contributed by atoms with Crippen molar-refractivity contribution >= 4 is 5.91 Å². The molecule has 0 spiro atoms. The van der Waals surface area contributed by atoms with Crippen LogP contribution in [0.4, 0.5) is 0 Å². The number of ether oxygens (including phenoxy) is 1. The monoisotopic (exact) mass is 265 g/mol. The third-order valence-electron chi connectivity index (χ3n) is 2.65. The van der Waals surface area contributed by atoms with Gasteiger partial charge in [-0.3, -0.25) is 9.78 Å². The van der Waals surface area contributed by atoms with E-state index in [1.54, 1.807) is 6.20 Å². The van der Waals surface area contributed by atoms with Crippen molar-refractivity contribution in [3.63, 3.8) is 0 Å². The van der Waals surface area contributed by atoms with Crippen LogP contribution in [0.3, 0.4) is 0 Å². The summed E-state index contributed by atoms with van der Waals surface area (Å²) in [6.45, 7) is 4.84. The molecule has 0 radical (unpaired) electrons. The third kappa shape index (κ3) is 6.20. The smallest absolute Gasteiger partial charge is 0.258 e. The zero-order chi connectivity index (χ0) is 14.1. The molecule has 0 aliphatic heterocycles. The normalized spacial score (nSPS) is 11.9. The van der Waals surface area contributed by atoms with Crippen LogP contribution in [0.1, 0.15) is 32.4 Å². The van der Waals surface area contributed by atoms with Crippen molar-refractivity contribution in [3.05, 3.63) is 24.0 Å². The summed E-state index contributed by atoms with van der Waals surface area (Å²) in [5, 5.41) is 5.91. The Morgan fingerprint density at radius 1 is 1.47 bits per heavy atom. The topological polar surface area (TPSA) is 63.2 Å². The van der Waals surface area contributed by atoms with Gasteiger partial charge in [0.15, 0.2) is 6.61 Å². The minimum Gasteiger partial charge on any atom is -0.482 e. The highest BCUT2D eigenvalue weighted by molar-refractivity contribution is 5.77. The van der Waals surface area contributed by atoms with Crippen LogP contribution < -0.4 is 15.4 Å². The second-order valence-corrected chi connectivity index (χ2v) is 4.56. The maximum absolute atomic E-state index is 11.6. The molecule has 0 saturated heterocycles. The van der Waals surface area contributed by atoms with E-state index in [4.69, 9.17) is 4.74 Å². The molecule has 0 bridgehead atoms. The van der Waals surface area contributed by atoms with Crippen molar-refractivity contribution in [2.75, 3.05) is 13.7 Å². The Hall–Kier alpha value is -1.62. The number of aromatic nitrogens is 1. The molecule has 0 aliphatic rings. The predicted octanol–water partition coefficient (Wildman–Crippen LogP) is 1.48. The van der Waals surface area contributed by atoms with Crippen molar-refractivity contribution in [2.24, 2.45) is 0 Å². The van der Waals surface area contributed by atoms with E-state index in [2.05, 4.69) is 22.5 Å². The van der Waals surface area contributed by atoms with Gasteiger partial charge in [-0.1, -0.05) is 13.3 Å². The molecule has 5 nitrogen and oxygen atoms in total. The lowest BCUT2D eigenvalue weighted by Gasteiger charge is -2.13. The zero-order valence-electron chi connectivity index (χ0n) is 11.9. The Labute approximate surface area is 114 Å². The molecule has 1 rings (SSSR count). The summed E-state index contributed by atoms with van der Waals surface area (Å²) < 4.78 is 5.38. The molecule has 1 unspecified atom stereocenters. The quantitative estimate of drug-likeness (QED) is 0.747. The number of nitrogens with one attached hydrogen (secondary N) is 2. The first-order valence-corrected chi connectivity index (χ1v) is 6.67. The average Bonchev–Trinajstić information content (AvgIpc) is 2.38. The van der Waals surface area contributed by atoms with Crippen LogP contribution >= 0.6 is 0 Å². The number of hydrogen-bond donors (Lipinski definition) is 2. The molecule has 106 valence electrons. The summed E-state index contributed by atoms with van der Waals surface area (Å²) >= 11 is 0. The minimum absolute atomic E-state index is 0.0289. The van der Waals surface area contributed by atoms with Gasteiger partial charge in [0.25, 0.3) is 5.91 Å². The molecule has 1 amide bonds. The first-order valence-electron chi connectivity index (χ1n) is 6.67. The Morgan fingerprint density at radius 2 is 2.26 bits per heavy atom. The largest absolute Gasteiger partial charge is 0.482 e. The first kappa shape index (κ1) is 15.4. The summed E-state index contributed by atoms with van der Waals surface area (Å²) in [4.78, 5) is 15.8. The molecule has 1 atom stereocenters. The summed E-state index contributed by atoms with van der Waals surface area (Å²) in [6, 6.07) is 3.89. The number of rotatable bonds is 8. The van der Waals surface area contributed by atoms with E-state index in [-0.39, 0.29) is 18.6 Å². The van der Waals surface area contributed by atoms with E-state index in [1.165, 1.54) is 0 Å². The molecule has 1 heterocycles. The van der Waals surface area contributed by atoms with E-state index >= 15 is 0 Å². The van der Waals surface area contributed by atoms with Gasteiger partial charge in [-0.2, -0.15) is 0 Å². The molecular weight excluding hydrogens is 242 g/mol. The fourth-order valence-corrected chi connectivity index (χ4v) is 1.75. The molecule has 19 heavy (non-hydrogen) atoms. The molecule has 0 aromatic carbocycles. The number of amides is 1. The van der Waals surface area contributed by atoms with Crippen molar-refractivity contribution in [1.82, 2.24) is 15.6 Å². The van der Waals surface area contributed by atoms with Crippen LogP contribution in [0.15, 0.2) is 18.3 Å². The van der Waals surface area contributed by atoms with E-state index in [0.717, 1.165) is 25.1 Å². The predicted molar refractivity (Wildman–Crippen MR) is 75.0 cm³/mol. The number of nitrogens with zero attached hydrogens (tertiary/aromatic N) is 1. The van der Waals surface area contributed by atoms with E-state index < -0.39 is 0 Å². The highest BCUT2D eigenvalue weighted by Gasteiger charge is 2.07. The maximum Gasteiger partial charge on any atom is 0.258 e. The summed E-state index contributed by atoms with van der Waals surface area (Å²) in [5.41, 5.74) is 0.941. The van der Waals surface area contributed by atoms with Crippen LogP contribution in [-0.4, -0.2) is 30.6 Å². The lowest BCUT2D eigenvalue weighted by Crippen LogP contribution is -2.35. The molecule has 0 aliphatic carbocycles. The van der Waals surface area contributed by atoms with Crippen molar-refractivity contribution in [1.29, 1.82) is 0 Å². The Kier molecular flexibility index (Phi) is 6.89. The molecule has 0 saturated carbocycles. The Bertz CT molecular complexity index is 379. The van der Waals surface area contributed by atoms with Gasteiger partial charge in [-0.25, -0.2) is 0 Å².